The predicted molar refractivity (Wildman–Crippen MR) is 93.3 cm³/mol. The van der Waals surface area contributed by atoms with Gasteiger partial charge in [-0.15, -0.1) is 0 Å². The van der Waals surface area contributed by atoms with Crippen molar-refractivity contribution >= 4 is 17.5 Å². The summed E-state index contributed by atoms with van der Waals surface area (Å²) in [7, 11) is 1.57. The molecule has 0 bridgehead atoms. The number of hydrogen-bond acceptors (Lipinski definition) is 4. The molecule has 0 aliphatic carbocycles. The van der Waals surface area contributed by atoms with Gasteiger partial charge in [0, 0.05) is 18.7 Å². The maximum Gasteiger partial charge on any atom is 0.222 e. The lowest BCUT2D eigenvalue weighted by Crippen LogP contribution is -2.07. The largest absolute Gasteiger partial charge is 0.497 e. The Hall–Kier alpha value is -2.95. The van der Waals surface area contributed by atoms with E-state index in [4.69, 9.17) is 4.74 Å². The molecule has 5 nitrogen and oxygen atoms in total. The van der Waals surface area contributed by atoms with Gasteiger partial charge < -0.3 is 10.1 Å². The summed E-state index contributed by atoms with van der Waals surface area (Å²) in [5, 5.41) is 2.62. The molecule has 0 spiro atoms. The Morgan fingerprint density at radius 3 is 2.75 bits per heavy atom. The fourth-order valence-corrected chi connectivity index (χ4v) is 2.14. The monoisotopic (exact) mass is 324 g/mol. The van der Waals surface area contributed by atoms with E-state index >= 15 is 0 Å². The lowest BCUT2D eigenvalue weighted by atomic mass is 10.1. The highest BCUT2D eigenvalue weighted by atomic mass is 16.5. The molecule has 124 valence electrons. The molecule has 0 aliphatic heterocycles. The number of anilines is 1. The van der Waals surface area contributed by atoms with Crippen molar-refractivity contribution in [3.63, 3.8) is 0 Å². The zero-order valence-corrected chi connectivity index (χ0v) is 13.8. The molecule has 0 unspecified atom stereocenters. The molecule has 1 aromatic carbocycles. The van der Waals surface area contributed by atoms with Crippen molar-refractivity contribution in [3.8, 4) is 5.75 Å². The van der Waals surface area contributed by atoms with Crippen molar-refractivity contribution in [1.82, 2.24) is 4.98 Å². The highest BCUT2D eigenvalue weighted by molar-refractivity contribution is 6.04. The lowest BCUT2D eigenvalue weighted by molar-refractivity contribution is -0.114. The maximum absolute atomic E-state index is 12.1. The van der Waals surface area contributed by atoms with Crippen LogP contribution in [0.1, 0.15) is 29.3 Å². The van der Waals surface area contributed by atoms with Gasteiger partial charge in [-0.1, -0.05) is 24.3 Å². The number of benzene rings is 1. The predicted octanol–water partition coefficient (Wildman–Crippen LogP) is 3.42. The smallest absolute Gasteiger partial charge is 0.222 e. The number of allylic oxidation sites excluding steroid dienone is 2. The van der Waals surface area contributed by atoms with Gasteiger partial charge in [0.15, 0.2) is 5.78 Å². The Bertz CT molecular complexity index is 737. The number of aromatic nitrogens is 1. The number of aryl methyl sites for hydroxylation is 1. The van der Waals surface area contributed by atoms with Crippen LogP contribution in [0.15, 0.2) is 54.7 Å². The summed E-state index contributed by atoms with van der Waals surface area (Å²) in [6.45, 7) is 1.44. The molecule has 0 aliphatic rings. The molecule has 0 fully saturated rings. The molecule has 0 radical (unpaired) electrons. The van der Waals surface area contributed by atoms with Crippen molar-refractivity contribution in [2.45, 2.75) is 19.8 Å². The minimum absolute atomic E-state index is 0.0481. The maximum atomic E-state index is 12.1. The number of nitrogens with zero attached hydrogens (tertiary/aromatic N) is 1. The summed E-state index contributed by atoms with van der Waals surface area (Å²) < 4.78 is 5.11. The SMILES string of the molecule is COc1cccc(C(=O)/C=C/CCc2ccc(NC(C)=O)nc2)c1. The standard InChI is InChI=1S/C19H20N2O3/c1-14(22)21-19-11-10-15(13-20-19)6-3-4-9-18(23)16-7-5-8-17(12-16)24-2/h4-5,7-13H,3,6H2,1-2H3,(H,20,21,22)/b9-4+. The normalized spacial score (nSPS) is 10.6. The number of carbonyl (C=O) groups excluding carboxylic acids is 2. The van der Waals surface area contributed by atoms with Gasteiger partial charge >= 0.3 is 0 Å². The second-order valence-corrected chi connectivity index (χ2v) is 5.27. The van der Waals surface area contributed by atoms with Gasteiger partial charge in [-0.25, -0.2) is 4.98 Å². The first-order valence-corrected chi connectivity index (χ1v) is 7.66. The Kier molecular flexibility index (Phi) is 6.25. The fraction of sp³-hybridized carbons (Fsp3) is 0.211. The minimum Gasteiger partial charge on any atom is -0.497 e. The highest BCUT2D eigenvalue weighted by Gasteiger charge is 2.03. The number of nitrogens with one attached hydrogen (secondary N) is 1. The molecule has 1 aromatic heterocycles. The molecule has 2 rings (SSSR count). The van der Waals surface area contributed by atoms with E-state index in [1.54, 1.807) is 49.7 Å². The molecule has 2 aromatic rings. The molecular weight excluding hydrogens is 304 g/mol. The second kappa shape index (κ2) is 8.62. The molecule has 0 atom stereocenters. The molecule has 1 N–H and O–H groups in total. The molecule has 24 heavy (non-hydrogen) atoms. The number of methoxy groups -OCH3 is 1. The first kappa shape index (κ1) is 17.4. The van der Waals surface area contributed by atoms with E-state index in [1.165, 1.54) is 6.92 Å². The molecule has 1 amide bonds. The first-order valence-electron chi connectivity index (χ1n) is 7.66. The van der Waals surface area contributed by atoms with Crippen molar-refractivity contribution in [1.29, 1.82) is 0 Å². The van der Waals surface area contributed by atoms with Crippen LogP contribution in [0.25, 0.3) is 0 Å². The van der Waals surface area contributed by atoms with Crippen LogP contribution in [-0.2, 0) is 11.2 Å². The topological polar surface area (TPSA) is 68.3 Å². The van der Waals surface area contributed by atoms with Crippen molar-refractivity contribution < 1.29 is 14.3 Å². The van der Waals surface area contributed by atoms with Gasteiger partial charge in [-0.2, -0.15) is 0 Å². The van der Waals surface area contributed by atoms with E-state index in [0.717, 1.165) is 18.4 Å². The summed E-state index contributed by atoms with van der Waals surface area (Å²) in [5.74, 6) is 1.01. The van der Waals surface area contributed by atoms with Crippen LogP contribution in [0.4, 0.5) is 5.82 Å². The zero-order valence-electron chi connectivity index (χ0n) is 13.8. The quantitative estimate of drug-likeness (QED) is 0.626. The van der Waals surface area contributed by atoms with Crippen LogP contribution in [0.2, 0.25) is 0 Å². The van der Waals surface area contributed by atoms with Crippen LogP contribution in [0.5, 0.6) is 5.75 Å². The number of pyridine rings is 1. The second-order valence-electron chi connectivity index (χ2n) is 5.27. The van der Waals surface area contributed by atoms with Gasteiger partial charge in [0.05, 0.1) is 7.11 Å². The van der Waals surface area contributed by atoms with Crippen molar-refractivity contribution in [3.05, 3.63) is 65.9 Å². The van der Waals surface area contributed by atoms with Crippen LogP contribution < -0.4 is 10.1 Å². The average molecular weight is 324 g/mol. The Labute approximate surface area is 141 Å². The van der Waals surface area contributed by atoms with Gasteiger partial charge in [0.1, 0.15) is 11.6 Å². The first-order chi connectivity index (χ1) is 11.6. The number of amides is 1. The van der Waals surface area contributed by atoms with E-state index in [-0.39, 0.29) is 11.7 Å². The van der Waals surface area contributed by atoms with Gasteiger partial charge in [-0.05, 0) is 42.7 Å². The third-order valence-electron chi connectivity index (χ3n) is 3.35. The summed E-state index contributed by atoms with van der Waals surface area (Å²) in [5.41, 5.74) is 1.65. The van der Waals surface area contributed by atoms with E-state index in [1.807, 2.05) is 12.1 Å². The van der Waals surface area contributed by atoms with Crippen LogP contribution in [-0.4, -0.2) is 23.8 Å². The highest BCUT2D eigenvalue weighted by Crippen LogP contribution is 2.13. The van der Waals surface area contributed by atoms with E-state index < -0.39 is 0 Å². The molecule has 5 heteroatoms. The summed E-state index contributed by atoms with van der Waals surface area (Å²) in [6, 6.07) is 10.8. The van der Waals surface area contributed by atoms with Crippen LogP contribution in [0.3, 0.4) is 0 Å². The Morgan fingerprint density at radius 2 is 2.08 bits per heavy atom. The number of carbonyl (C=O) groups is 2. The van der Waals surface area contributed by atoms with Crippen LogP contribution >= 0.6 is 0 Å². The lowest BCUT2D eigenvalue weighted by Gasteiger charge is -2.02. The van der Waals surface area contributed by atoms with E-state index in [0.29, 0.717) is 17.1 Å². The summed E-state index contributed by atoms with van der Waals surface area (Å²) in [6.07, 6.45) is 6.66. The third kappa shape index (κ3) is 5.35. The Balaban J connectivity index is 1.85. The molecule has 1 heterocycles. The van der Waals surface area contributed by atoms with E-state index in [2.05, 4.69) is 10.3 Å². The summed E-state index contributed by atoms with van der Waals surface area (Å²) in [4.78, 5) is 27.2. The third-order valence-corrected chi connectivity index (χ3v) is 3.35. The average Bonchev–Trinajstić information content (AvgIpc) is 2.59. The number of hydrogen-bond donors (Lipinski definition) is 1. The number of ether oxygens (including phenoxy) is 1. The molecule has 0 saturated carbocycles. The van der Waals surface area contributed by atoms with Crippen molar-refractivity contribution in [2.24, 2.45) is 0 Å². The van der Waals surface area contributed by atoms with Gasteiger partial charge in [0.25, 0.3) is 0 Å². The molecular formula is C19H20N2O3. The minimum atomic E-state index is -0.144. The van der Waals surface area contributed by atoms with Gasteiger partial charge in [0.2, 0.25) is 5.91 Å². The van der Waals surface area contributed by atoms with E-state index in [9.17, 15) is 9.59 Å². The van der Waals surface area contributed by atoms with Gasteiger partial charge in [-0.3, -0.25) is 9.59 Å². The van der Waals surface area contributed by atoms with Crippen LogP contribution in [0, 0.1) is 0 Å². The zero-order chi connectivity index (χ0) is 17.4. The Morgan fingerprint density at radius 1 is 1.25 bits per heavy atom. The summed E-state index contributed by atoms with van der Waals surface area (Å²) >= 11 is 0. The fourth-order valence-electron chi connectivity index (χ4n) is 2.14. The number of rotatable bonds is 7. The molecule has 0 saturated heterocycles. The van der Waals surface area contributed by atoms with Crippen molar-refractivity contribution in [2.75, 3.05) is 12.4 Å². The number of ketones is 1.